The molecule has 1 saturated heterocycles. The third kappa shape index (κ3) is 5.11. The summed E-state index contributed by atoms with van der Waals surface area (Å²) in [5, 5.41) is 0. The van der Waals surface area contributed by atoms with E-state index in [-0.39, 0.29) is 0 Å². The summed E-state index contributed by atoms with van der Waals surface area (Å²) < 4.78 is 2.27. The minimum Gasteiger partial charge on any atom is -0.331 e. The van der Waals surface area contributed by atoms with Gasteiger partial charge in [0.05, 0.1) is 24.1 Å². The van der Waals surface area contributed by atoms with Gasteiger partial charge in [0.2, 0.25) is 0 Å². The van der Waals surface area contributed by atoms with Crippen LogP contribution >= 0.6 is 0 Å². The number of hydrogen-bond donors (Lipinski definition) is 0. The Kier molecular flexibility index (Phi) is 6.38. The molecule has 0 N–H and O–H groups in total. The summed E-state index contributed by atoms with van der Waals surface area (Å²) in [6.07, 6.45) is 11.4. The van der Waals surface area contributed by atoms with Gasteiger partial charge in [0, 0.05) is 31.2 Å². The summed E-state index contributed by atoms with van der Waals surface area (Å²) in [4.78, 5) is 18.4. The van der Waals surface area contributed by atoms with Gasteiger partial charge in [-0.2, -0.15) is 0 Å². The first-order valence-electron chi connectivity index (χ1n) is 9.70. The Morgan fingerprint density at radius 3 is 2.38 bits per heavy atom. The largest absolute Gasteiger partial charge is 0.331 e. The van der Waals surface area contributed by atoms with Crippen molar-refractivity contribution in [1.29, 1.82) is 0 Å². The van der Waals surface area contributed by atoms with Crippen molar-refractivity contribution < 1.29 is 0 Å². The molecule has 26 heavy (non-hydrogen) atoms. The standard InChI is InChI=1S/C20H32N6/c1-16(2)26-10-7-21-20(26)15-25-8-5-17(6-9-25)11-18-12-23-19(13-22-18)14-24(3)4/h7,10,12-13,16-17H,5-6,8-9,11,14-15H2,1-4H3. The number of rotatable bonds is 7. The first-order valence-corrected chi connectivity index (χ1v) is 9.70. The van der Waals surface area contributed by atoms with Gasteiger partial charge in [-0.1, -0.05) is 0 Å². The van der Waals surface area contributed by atoms with Crippen LogP contribution in [-0.2, 0) is 19.5 Å². The Bertz CT molecular complexity index is 668. The number of likely N-dealkylation sites (tertiary alicyclic amines) is 1. The fourth-order valence-corrected chi connectivity index (χ4v) is 3.67. The van der Waals surface area contributed by atoms with Crippen LogP contribution in [0.2, 0.25) is 0 Å². The van der Waals surface area contributed by atoms with Crippen LogP contribution in [0, 0.1) is 5.92 Å². The highest BCUT2D eigenvalue weighted by molar-refractivity contribution is 5.03. The number of nitrogens with zero attached hydrogens (tertiary/aromatic N) is 6. The topological polar surface area (TPSA) is 50.1 Å². The molecular weight excluding hydrogens is 324 g/mol. The minimum absolute atomic E-state index is 0.471. The van der Waals surface area contributed by atoms with E-state index in [4.69, 9.17) is 0 Å². The van der Waals surface area contributed by atoms with E-state index in [1.54, 1.807) is 0 Å². The number of piperidine rings is 1. The molecule has 6 nitrogen and oxygen atoms in total. The van der Waals surface area contributed by atoms with E-state index in [2.05, 4.69) is 63.5 Å². The van der Waals surface area contributed by atoms with Crippen LogP contribution in [0.3, 0.4) is 0 Å². The van der Waals surface area contributed by atoms with Crippen molar-refractivity contribution in [2.24, 2.45) is 5.92 Å². The molecule has 3 rings (SSSR count). The predicted molar refractivity (Wildman–Crippen MR) is 104 cm³/mol. The van der Waals surface area contributed by atoms with Crippen molar-refractivity contribution in [1.82, 2.24) is 29.3 Å². The second-order valence-electron chi connectivity index (χ2n) is 8.00. The summed E-state index contributed by atoms with van der Waals surface area (Å²) in [5.41, 5.74) is 2.16. The van der Waals surface area contributed by atoms with Gasteiger partial charge in [0.1, 0.15) is 5.82 Å². The van der Waals surface area contributed by atoms with Gasteiger partial charge in [0.15, 0.2) is 0 Å². The smallest absolute Gasteiger partial charge is 0.123 e. The molecule has 3 heterocycles. The highest BCUT2D eigenvalue weighted by atomic mass is 15.2. The molecule has 1 aliphatic rings. The SMILES string of the molecule is CC(C)n1ccnc1CN1CCC(Cc2cnc(CN(C)C)cn2)CC1. The van der Waals surface area contributed by atoms with E-state index < -0.39 is 0 Å². The Labute approximate surface area is 157 Å². The summed E-state index contributed by atoms with van der Waals surface area (Å²) >= 11 is 0. The maximum Gasteiger partial charge on any atom is 0.123 e. The molecule has 0 bridgehead atoms. The molecule has 0 atom stereocenters. The average molecular weight is 357 g/mol. The zero-order valence-electron chi connectivity index (χ0n) is 16.6. The summed E-state index contributed by atoms with van der Waals surface area (Å²) in [6.45, 7) is 8.50. The molecule has 2 aromatic heterocycles. The number of imidazole rings is 1. The van der Waals surface area contributed by atoms with Crippen LogP contribution in [-0.4, -0.2) is 56.5 Å². The zero-order valence-corrected chi connectivity index (χ0v) is 16.6. The monoisotopic (exact) mass is 356 g/mol. The average Bonchev–Trinajstić information content (AvgIpc) is 3.06. The lowest BCUT2D eigenvalue weighted by atomic mass is 9.92. The van der Waals surface area contributed by atoms with E-state index in [1.165, 1.54) is 18.7 Å². The second kappa shape index (κ2) is 8.73. The minimum atomic E-state index is 0.471. The van der Waals surface area contributed by atoms with E-state index in [9.17, 15) is 0 Å². The predicted octanol–water partition coefficient (Wildman–Crippen LogP) is 2.77. The lowest BCUT2D eigenvalue weighted by Gasteiger charge is -2.31. The van der Waals surface area contributed by atoms with Gasteiger partial charge >= 0.3 is 0 Å². The van der Waals surface area contributed by atoms with Crippen molar-refractivity contribution in [2.45, 2.75) is 52.2 Å². The first-order chi connectivity index (χ1) is 12.5. The van der Waals surface area contributed by atoms with E-state index >= 15 is 0 Å². The molecule has 0 amide bonds. The third-order valence-electron chi connectivity index (χ3n) is 5.11. The normalized spacial score (nSPS) is 16.7. The summed E-state index contributed by atoms with van der Waals surface area (Å²) in [5.74, 6) is 1.89. The van der Waals surface area contributed by atoms with Gasteiger partial charge < -0.3 is 9.47 Å². The highest BCUT2D eigenvalue weighted by Crippen LogP contribution is 2.22. The van der Waals surface area contributed by atoms with E-state index in [0.717, 1.165) is 44.0 Å². The van der Waals surface area contributed by atoms with Crippen LogP contribution in [0.5, 0.6) is 0 Å². The first kappa shape index (κ1) is 19.0. The Morgan fingerprint density at radius 2 is 1.77 bits per heavy atom. The Morgan fingerprint density at radius 1 is 1.08 bits per heavy atom. The lowest BCUT2D eigenvalue weighted by molar-refractivity contribution is 0.170. The van der Waals surface area contributed by atoms with Crippen molar-refractivity contribution >= 4 is 0 Å². The summed E-state index contributed by atoms with van der Waals surface area (Å²) in [7, 11) is 4.11. The zero-order chi connectivity index (χ0) is 18.5. The fraction of sp³-hybridized carbons (Fsp3) is 0.650. The van der Waals surface area contributed by atoms with Crippen LogP contribution in [0.25, 0.3) is 0 Å². The van der Waals surface area contributed by atoms with Crippen LogP contribution in [0.1, 0.15) is 49.9 Å². The lowest BCUT2D eigenvalue weighted by Crippen LogP contribution is -2.34. The van der Waals surface area contributed by atoms with Gasteiger partial charge in [-0.3, -0.25) is 14.9 Å². The molecule has 0 unspecified atom stereocenters. The van der Waals surface area contributed by atoms with Gasteiger partial charge in [-0.05, 0) is 66.2 Å². The molecule has 142 valence electrons. The fourth-order valence-electron chi connectivity index (χ4n) is 3.67. The molecule has 0 saturated carbocycles. The Balaban J connectivity index is 1.47. The third-order valence-corrected chi connectivity index (χ3v) is 5.11. The van der Waals surface area contributed by atoms with Gasteiger partial charge in [-0.15, -0.1) is 0 Å². The van der Waals surface area contributed by atoms with E-state index in [0.29, 0.717) is 12.0 Å². The summed E-state index contributed by atoms with van der Waals surface area (Å²) in [6, 6.07) is 0.471. The number of hydrogen-bond acceptors (Lipinski definition) is 5. The molecule has 0 spiro atoms. The van der Waals surface area contributed by atoms with Crippen molar-refractivity contribution in [3.8, 4) is 0 Å². The molecule has 6 heteroatoms. The quantitative estimate of drug-likeness (QED) is 0.763. The van der Waals surface area contributed by atoms with Crippen molar-refractivity contribution in [3.63, 3.8) is 0 Å². The van der Waals surface area contributed by atoms with Gasteiger partial charge in [-0.25, -0.2) is 4.98 Å². The molecule has 0 aromatic carbocycles. The molecular formula is C20H32N6. The maximum atomic E-state index is 4.62. The van der Waals surface area contributed by atoms with Crippen LogP contribution in [0.15, 0.2) is 24.8 Å². The molecule has 1 fully saturated rings. The highest BCUT2D eigenvalue weighted by Gasteiger charge is 2.21. The molecule has 1 aliphatic heterocycles. The van der Waals surface area contributed by atoms with Crippen LogP contribution < -0.4 is 0 Å². The molecule has 2 aromatic rings. The molecule has 0 aliphatic carbocycles. The van der Waals surface area contributed by atoms with Crippen LogP contribution in [0.4, 0.5) is 0 Å². The molecule has 0 radical (unpaired) electrons. The maximum absolute atomic E-state index is 4.62. The van der Waals surface area contributed by atoms with Gasteiger partial charge in [0.25, 0.3) is 0 Å². The van der Waals surface area contributed by atoms with E-state index in [1.807, 2.05) is 18.6 Å². The van der Waals surface area contributed by atoms with Crippen molar-refractivity contribution in [3.05, 3.63) is 42.0 Å². The number of aromatic nitrogens is 4. The Hall–Kier alpha value is -1.79. The second-order valence-corrected chi connectivity index (χ2v) is 8.00. The van der Waals surface area contributed by atoms with Crippen molar-refractivity contribution in [2.75, 3.05) is 27.2 Å².